The minimum atomic E-state index is -0.812. The van der Waals surface area contributed by atoms with Crippen molar-refractivity contribution in [3.05, 3.63) is 71.9 Å². The summed E-state index contributed by atoms with van der Waals surface area (Å²) in [7, 11) is 1.59. The smallest absolute Gasteiger partial charge is 0.269 e. The van der Waals surface area contributed by atoms with E-state index in [2.05, 4.69) is 15.5 Å². The van der Waals surface area contributed by atoms with Gasteiger partial charge in [0.05, 0.1) is 12.8 Å². The molecule has 0 bridgehead atoms. The van der Waals surface area contributed by atoms with Crippen molar-refractivity contribution in [2.45, 2.75) is 12.5 Å². The van der Waals surface area contributed by atoms with E-state index in [4.69, 9.17) is 10.5 Å². The van der Waals surface area contributed by atoms with E-state index < -0.39 is 17.9 Å². The van der Waals surface area contributed by atoms with Crippen LogP contribution in [0.3, 0.4) is 0 Å². The van der Waals surface area contributed by atoms with Crippen LogP contribution >= 0.6 is 0 Å². The van der Waals surface area contributed by atoms with E-state index in [1.807, 2.05) is 54.6 Å². The molecule has 1 aromatic heterocycles. The summed E-state index contributed by atoms with van der Waals surface area (Å²) in [5.41, 5.74) is 8.05. The van der Waals surface area contributed by atoms with Gasteiger partial charge in [0.1, 0.15) is 17.5 Å². The number of aromatic nitrogens is 2. The summed E-state index contributed by atoms with van der Waals surface area (Å²) in [5.74, 6) is -0.304. The predicted molar refractivity (Wildman–Crippen MR) is 101 cm³/mol. The van der Waals surface area contributed by atoms with E-state index >= 15 is 0 Å². The van der Waals surface area contributed by atoms with E-state index in [9.17, 15) is 9.59 Å². The molecular weight excluding hydrogens is 344 g/mol. The van der Waals surface area contributed by atoms with Gasteiger partial charge in [-0.3, -0.25) is 14.7 Å². The molecule has 1 heterocycles. The molecule has 3 rings (SSSR count). The summed E-state index contributed by atoms with van der Waals surface area (Å²) >= 11 is 0. The number of rotatable bonds is 7. The Kier molecular flexibility index (Phi) is 5.51. The lowest BCUT2D eigenvalue weighted by atomic mass is 10.1. The molecule has 0 aliphatic heterocycles. The molecule has 2 amide bonds. The maximum Gasteiger partial charge on any atom is 0.269 e. The van der Waals surface area contributed by atoms with Crippen molar-refractivity contribution in [2.75, 3.05) is 7.11 Å². The van der Waals surface area contributed by atoms with Crippen molar-refractivity contribution in [3.8, 4) is 17.0 Å². The van der Waals surface area contributed by atoms with Crippen LogP contribution in [0.4, 0.5) is 0 Å². The van der Waals surface area contributed by atoms with Gasteiger partial charge in [0.25, 0.3) is 5.91 Å². The van der Waals surface area contributed by atoms with Gasteiger partial charge < -0.3 is 15.8 Å². The molecule has 0 aliphatic rings. The Balaban J connectivity index is 1.71. The molecular formula is C20H20N4O3. The Morgan fingerprint density at radius 1 is 1.15 bits per heavy atom. The van der Waals surface area contributed by atoms with Crippen LogP contribution in [0.25, 0.3) is 11.3 Å². The van der Waals surface area contributed by atoms with Gasteiger partial charge in [0.15, 0.2) is 0 Å². The zero-order chi connectivity index (χ0) is 19.2. The maximum absolute atomic E-state index is 12.5. The molecule has 0 aliphatic carbocycles. The number of primary amides is 1. The average molecular weight is 364 g/mol. The zero-order valence-electron chi connectivity index (χ0n) is 14.8. The van der Waals surface area contributed by atoms with Gasteiger partial charge >= 0.3 is 0 Å². The molecule has 1 atom stereocenters. The second-order valence-corrected chi connectivity index (χ2v) is 6.01. The number of H-pyrrole nitrogens is 1. The van der Waals surface area contributed by atoms with Crippen LogP contribution in [0.5, 0.6) is 5.75 Å². The van der Waals surface area contributed by atoms with Gasteiger partial charge in [-0.15, -0.1) is 0 Å². The third kappa shape index (κ3) is 4.52. The van der Waals surface area contributed by atoms with Crippen molar-refractivity contribution >= 4 is 11.8 Å². The lowest BCUT2D eigenvalue weighted by Gasteiger charge is -2.14. The molecule has 0 saturated carbocycles. The van der Waals surface area contributed by atoms with Crippen molar-refractivity contribution in [2.24, 2.45) is 5.73 Å². The number of carbonyl (C=O) groups excluding carboxylic acids is 2. The normalized spacial score (nSPS) is 11.6. The molecule has 0 spiro atoms. The van der Waals surface area contributed by atoms with Crippen LogP contribution in [-0.2, 0) is 11.2 Å². The quantitative estimate of drug-likeness (QED) is 0.595. The van der Waals surface area contributed by atoms with Gasteiger partial charge in [0.2, 0.25) is 5.91 Å². The van der Waals surface area contributed by atoms with Gasteiger partial charge in [-0.05, 0) is 35.9 Å². The number of nitrogens with one attached hydrogen (secondary N) is 2. The Hall–Kier alpha value is -3.61. The summed E-state index contributed by atoms with van der Waals surface area (Å²) in [6.07, 6.45) is 0.321. The summed E-state index contributed by atoms with van der Waals surface area (Å²) < 4.78 is 5.13. The molecule has 0 saturated heterocycles. The van der Waals surface area contributed by atoms with Crippen LogP contribution in [0.15, 0.2) is 60.7 Å². The molecule has 7 heteroatoms. The molecule has 4 N–H and O–H groups in total. The highest BCUT2D eigenvalue weighted by Crippen LogP contribution is 2.21. The number of nitrogens with zero attached hydrogens (tertiary/aromatic N) is 1. The standard InChI is InChI=1S/C20H20N4O3/c1-27-15-9-7-14(8-10-15)16-12-18(24-23-16)20(26)22-17(19(21)25)11-13-5-3-2-4-6-13/h2-10,12,17H,11H2,1H3,(H2,21,25)(H,22,26)(H,23,24)/t17-/m0/s1. The third-order valence-corrected chi connectivity index (χ3v) is 4.14. The van der Waals surface area contributed by atoms with E-state index in [-0.39, 0.29) is 5.69 Å². The molecule has 0 radical (unpaired) electrons. The summed E-state index contributed by atoms with van der Waals surface area (Å²) in [5, 5.41) is 9.51. The molecule has 138 valence electrons. The first-order valence-electron chi connectivity index (χ1n) is 8.41. The Labute approximate surface area is 156 Å². The number of benzene rings is 2. The number of aromatic amines is 1. The summed E-state index contributed by atoms with van der Waals surface area (Å²) in [6.45, 7) is 0. The predicted octanol–water partition coefficient (Wildman–Crippen LogP) is 1.91. The van der Waals surface area contributed by atoms with E-state index in [1.165, 1.54) is 0 Å². The molecule has 3 aromatic rings. The fourth-order valence-corrected chi connectivity index (χ4v) is 2.66. The maximum atomic E-state index is 12.5. The number of carbonyl (C=O) groups is 2. The van der Waals surface area contributed by atoms with Crippen LogP contribution in [0, 0.1) is 0 Å². The van der Waals surface area contributed by atoms with Crippen molar-refractivity contribution < 1.29 is 14.3 Å². The van der Waals surface area contributed by atoms with E-state index in [1.54, 1.807) is 13.2 Å². The average Bonchev–Trinajstić information content (AvgIpc) is 3.18. The molecule has 27 heavy (non-hydrogen) atoms. The Morgan fingerprint density at radius 2 is 1.85 bits per heavy atom. The number of ether oxygens (including phenoxy) is 1. The van der Waals surface area contributed by atoms with Gasteiger partial charge in [0, 0.05) is 12.0 Å². The molecule has 7 nitrogen and oxygen atoms in total. The van der Waals surface area contributed by atoms with Crippen LogP contribution in [-0.4, -0.2) is 35.2 Å². The number of nitrogens with two attached hydrogens (primary N) is 1. The summed E-state index contributed by atoms with van der Waals surface area (Å²) in [4.78, 5) is 24.2. The monoisotopic (exact) mass is 364 g/mol. The first-order chi connectivity index (χ1) is 13.1. The topological polar surface area (TPSA) is 110 Å². The zero-order valence-corrected chi connectivity index (χ0v) is 14.8. The highest BCUT2D eigenvalue weighted by atomic mass is 16.5. The Bertz CT molecular complexity index is 920. The van der Waals surface area contributed by atoms with Gasteiger partial charge in [-0.2, -0.15) is 5.10 Å². The molecule has 0 unspecified atom stereocenters. The summed E-state index contributed by atoms with van der Waals surface area (Å²) in [6, 6.07) is 17.5. The largest absolute Gasteiger partial charge is 0.497 e. The van der Waals surface area contributed by atoms with Crippen LogP contribution in [0.1, 0.15) is 16.1 Å². The first kappa shape index (κ1) is 18.2. The van der Waals surface area contributed by atoms with Crippen LogP contribution in [0.2, 0.25) is 0 Å². The number of methoxy groups -OCH3 is 1. The number of hydrogen-bond acceptors (Lipinski definition) is 4. The SMILES string of the molecule is COc1ccc(-c2cc(C(=O)N[C@@H](Cc3ccccc3)C(N)=O)[nH]n2)cc1. The second-order valence-electron chi connectivity index (χ2n) is 6.01. The molecule has 2 aromatic carbocycles. The lowest BCUT2D eigenvalue weighted by Crippen LogP contribution is -2.46. The first-order valence-corrected chi connectivity index (χ1v) is 8.41. The fourth-order valence-electron chi connectivity index (χ4n) is 2.66. The Morgan fingerprint density at radius 3 is 2.48 bits per heavy atom. The van der Waals surface area contributed by atoms with E-state index in [0.717, 1.165) is 16.9 Å². The molecule has 0 fully saturated rings. The fraction of sp³-hybridized carbons (Fsp3) is 0.150. The van der Waals surface area contributed by atoms with Crippen molar-refractivity contribution in [1.29, 1.82) is 0 Å². The van der Waals surface area contributed by atoms with Gasteiger partial charge in [-0.1, -0.05) is 30.3 Å². The third-order valence-electron chi connectivity index (χ3n) is 4.14. The number of amides is 2. The van der Waals surface area contributed by atoms with Gasteiger partial charge in [-0.25, -0.2) is 0 Å². The minimum absolute atomic E-state index is 0.250. The van der Waals surface area contributed by atoms with Crippen molar-refractivity contribution in [3.63, 3.8) is 0 Å². The number of hydrogen-bond donors (Lipinski definition) is 3. The highest BCUT2D eigenvalue weighted by molar-refractivity contribution is 5.96. The van der Waals surface area contributed by atoms with Crippen molar-refractivity contribution in [1.82, 2.24) is 15.5 Å². The van der Waals surface area contributed by atoms with E-state index in [0.29, 0.717) is 12.1 Å². The second kappa shape index (κ2) is 8.18. The lowest BCUT2D eigenvalue weighted by molar-refractivity contribution is -0.119. The van der Waals surface area contributed by atoms with Crippen LogP contribution < -0.4 is 15.8 Å². The minimum Gasteiger partial charge on any atom is -0.497 e. The highest BCUT2D eigenvalue weighted by Gasteiger charge is 2.21.